The first-order chi connectivity index (χ1) is 10.3. The Morgan fingerprint density at radius 2 is 2.14 bits per heavy atom. The molecule has 21 heavy (non-hydrogen) atoms. The van der Waals surface area contributed by atoms with Crippen LogP contribution in [0.25, 0.3) is 10.9 Å². The van der Waals surface area contributed by atoms with E-state index in [4.69, 9.17) is 9.47 Å². The smallest absolute Gasteiger partial charge is 0.140 e. The number of halogens is 1. The molecule has 1 aromatic carbocycles. The average molecular weight is 352 g/mol. The zero-order valence-electron chi connectivity index (χ0n) is 12.0. The number of anilines is 1. The third-order valence-corrected chi connectivity index (χ3v) is 4.06. The number of methoxy groups -OCH3 is 1. The van der Waals surface area contributed by atoms with Gasteiger partial charge in [0.15, 0.2) is 0 Å². The van der Waals surface area contributed by atoms with E-state index in [0.29, 0.717) is 6.10 Å². The lowest BCUT2D eigenvalue weighted by molar-refractivity contribution is 0.0231. The minimum absolute atomic E-state index is 0.291. The van der Waals surface area contributed by atoms with E-state index in [-0.39, 0.29) is 0 Å². The van der Waals surface area contributed by atoms with E-state index >= 15 is 0 Å². The Hall–Kier alpha value is -1.24. The quantitative estimate of drug-likeness (QED) is 0.748. The van der Waals surface area contributed by atoms with Crippen LogP contribution in [0.4, 0.5) is 5.82 Å². The van der Waals surface area contributed by atoms with E-state index in [1.165, 1.54) is 0 Å². The van der Waals surface area contributed by atoms with Gasteiger partial charge < -0.3 is 14.4 Å². The van der Waals surface area contributed by atoms with Crippen LogP contribution < -0.4 is 4.90 Å². The standard InChI is InChI=1S/C15H18BrN3O2/c1-20-5-2-6-21-12-8-19(9-12)15-13-7-11(16)3-4-14(13)17-10-18-15/h3-4,7,10,12H,2,5-6,8-9H2,1H3. The predicted molar refractivity (Wildman–Crippen MR) is 85.7 cm³/mol. The van der Waals surface area contributed by atoms with Crippen molar-refractivity contribution in [2.75, 3.05) is 38.3 Å². The molecule has 0 saturated carbocycles. The van der Waals surface area contributed by atoms with Crippen LogP contribution in [0.2, 0.25) is 0 Å². The monoisotopic (exact) mass is 351 g/mol. The molecular formula is C15H18BrN3O2. The molecule has 0 spiro atoms. The van der Waals surface area contributed by atoms with E-state index in [9.17, 15) is 0 Å². The summed E-state index contributed by atoms with van der Waals surface area (Å²) in [5, 5.41) is 1.07. The number of benzene rings is 1. The fraction of sp³-hybridized carbons (Fsp3) is 0.467. The van der Waals surface area contributed by atoms with Crippen molar-refractivity contribution in [3.63, 3.8) is 0 Å². The first-order valence-corrected chi connectivity index (χ1v) is 7.83. The normalized spacial score (nSPS) is 15.4. The van der Waals surface area contributed by atoms with Gasteiger partial charge in [0.05, 0.1) is 11.6 Å². The van der Waals surface area contributed by atoms with Gasteiger partial charge in [-0.25, -0.2) is 9.97 Å². The van der Waals surface area contributed by atoms with Crippen LogP contribution in [-0.4, -0.2) is 49.5 Å². The van der Waals surface area contributed by atoms with E-state index in [2.05, 4.69) is 36.9 Å². The number of hydrogen-bond donors (Lipinski definition) is 0. The Balaban J connectivity index is 1.63. The highest BCUT2D eigenvalue weighted by Crippen LogP contribution is 2.29. The van der Waals surface area contributed by atoms with Crippen molar-refractivity contribution in [3.8, 4) is 0 Å². The fourth-order valence-electron chi connectivity index (χ4n) is 2.44. The number of hydrogen-bond acceptors (Lipinski definition) is 5. The third-order valence-electron chi connectivity index (χ3n) is 3.57. The highest BCUT2D eigenvalue weighted by atomic mass is 79.9. The van der Waals surface area contributed by atoms with Gasteiger partial charge in [-0.1, -0.05) is 15.9 Å². The molecule has 0 aliphatic carbocycles. The number of rotatable bonds is 6. The minimum atomic E-state index is 0.291. The van der Waals surface area contributed by atoms with Crippen LogP contribution in [0.15, 0.2) is 29.0 Å². The van der Waals surface area contributed by atoms with Gasteiger partial charge >= 0.3 is 0 Å². The summed E-state index contributed by atoms with van der Waals surface area (Å²) in [4.78, 5) is 11.0. The Morgan fingerprint density at radius 1 is 1.29 bits per heavy atom. The lowest BCUT2D eigenvalue weighted by atomic mass is 10.1. The molecule has 0 atom stereocenters. The van der Waals surface area contributed by atoms with Crippen molar-refractivity contribution < 1.29 is 9.47 Å². The SMILES string of the molecule is COCCCOC1CN(c2ncnc3ccc(Br)cc23)C1. The molecule has 1 aromatic heterocycles. The van der Waals surface area contributed by atoms with Crippen molar-refractivity contribution in [1.29, 1.82) is 0 Å². The number of nitrogens with zero attached hydrogens (tertiary/aromatic N) is 3. The summed E-state index contributed by atoms with van der Waals surface area (Å²) in [5.41, 5.74) is 0.965. The number of ether oxygens (including phenoxy) is 2. The summed E-state index contributed by atoms with van der Waals surface area (Å²) in [7, 11) is 1.71. The van der Waals surface area contributed by atoms with Crippen LogP contribution in [-0.2, 0) is 9.47 Å². The average Bonchev–Trinajstić information content (AvgIpc) is 2.45. The topological polar surface area (TPSA) is 47.5 Å². The molecule has 3 rings (SSSR count). The van der Waals surface area contributed by atoms with Gasteiger partial charge in [0.1, 0.15) is 12.1 Å². The Labute approximate surface area is 132 Å². The van der Waals surface area contributed by atoms with Crippen LogP contribution in [0.1, 0.15) is 6.42 Å². The molecule has 1 aliphatic rings. The molecule has 0 N–H and O–H groups in total. The molecule has 2 aromatic rings. The zero-order valence-corrected chi connectivity index (χ0v) is 13.5. The summed E-state index contributed by atoms with van der Waals surface area (Å²) in [6.07, 6.45) is 2.85. The summed E-state index contributed by atoms with van der Waals surface area (Å²) in [5.74, 6) is 0.984. The molecule has 1 aliphatic heterocycles. The maximum absolute atomic E-state index is 5.79. The van der Waals surface area contributed by atoms with Gasteiger partial charge in [0.25, 0.3) is 0 Å². The van der Waals surface area contributed by atoms with Gasteiger partial charge in [-0.05, 0) is 24.6 Å². The van der Waals surface area contributed by atoms with Crippen LogP contribution in [0.3, 0.4) is 0 Å². The molecule has 0 amide bonds. The van der Waals surface area contributed by atoms with Crippen molar-refractivity contribution in [2.24, 2.45) is 0 Å². The second kappa shape index (κ2) is 6.68. The second-order valence-electron chi connectivity index (χ2n) is 5.10. The maximum atomic E-state index is 5.79. The van der Waals surface area contributed by atoms with Crippen molar-refractivity contribution >= 4 is 32.7 Å². The highest BCUT2D eigenvalue weighted by molar-refractivity contribution is 9.10. The summed E-state index contributed by atoms with van der Waals surface area (Å²) in [6.45, 7) is 3.26. The fourth-order valence-corrected chi connectivity index (χ4v) is 2.80. The summed E-state index contributed by atoms with van der Waals surface area (Å²) >= 11 is 3.51. The maximum Gasteiger partial charge on any atom is 0.140 e. The van der Waals surface area contributed by atoms with E-state index in [1.54, 1.807) is 13.4 Å². The number of fused-ring (bicyclic) bond motifs is 1. The molecule has 5 nitrogen and oxygen atoms in total. The highest BCUT2D eigenvalue weighted by Gasteiger charge is 2.29. The molecule has 0 radical (unpaired) electrons. The first kappa shape index (κ1) is 14.7. The first-order valence-electron chi connectivity index (χ1n) is 7.03. The van der Waals surface area contributed by atoms with Crippen molar-refractivity contribution in [2.45, 2.75) is 12.5 Å². The minimum Gasteiger partial charge on any atom is -0.385 e. The third kappa shape index (κ3) is 3.33. The Morgan fingerprint density at radius 3 is 2.95 bits per heavy atom. The molecule has 2 heterocycles. The second-order valence-corrected chi connectivity index (χ2v) is 6.02. The predicted octanol–water partition coefficient (Wildman–Crippen LogP) is 2.63. The molecule has 1 fully saturated rings. The van der Waals surface area contributed by atoms with Gasteiger partial charge in [-0.15, -0.1) is 0 Å². The lowest BCUT2D eigenvalue weighted by Gasteiger charge is -2.40. The number of aromatic nitrogens is 2. The molecule has 1 saturated heterocycles. The molecule has 6 heteroatoms. The van der Waals surface area contributed by atoms with E-state index < -0.39 is 0 Å². The summed E-state index contributed by atoms with van der Waals surface area (Å²) < 4.78 is 11.8. The van der Waals surface area contributed by atoms with Gasteiger partial charge in [0.2, 0.25) is 0 Å². The largest absolute Gasteiger partial charge is 0.385 e. The molecule has 0 unspecified atom stereocenters. The van der Waals surface area contributed by atoms with Gasteiger partial charge in [-0.3, -0.25) is 0 Å². The van der Waals surface area contributed by atoms with Crippen LogP contribution in [0, 0.1) is 0 Å². The Kier molecular flexibility index (Phi) is 4.67. The molecule has 0 bridgehead atoms. The summed E-state index contributed by atoms with van der Waals surface area (Å²) in [6, 6.07) is 6.07. The molecular weight excluding hydrogens is 334 g/mol. The van der Waals surface area contributed by atoms with E-state index in [0.717, 1.165) is 53.9 Å². The van der Waals surface area contributed by atoms with Crippen LogP contribution >= 0.6 is 15.9 Å². The van der Waals surface area contributed by atoms with Gasteiger partial charge in [0, 0.05) is 43.3 Å². The lowest BCUT2D eigenvalue weighted by Crippen LogP contribution is -2.52. The molecule has 112 valence electrons. The van der Waals surface area contributed by atoms with Crippen molar-refractivity contribution in [3.05, 3.63) is 29.0 Å². The van der Waals surface area contributed by atoms with Gasteiger partial charge in [-0.2, -0.15) is 0 Å². The van der Waals surface area contributed by atoms with Crippen LogP contribution in [0.5, 0.6) is 0 Å². The Bertz CT molecular complexity index is 617. The van der Waals surface area contributed by atoms with E-state index in [1.807, 2.05) is 12.1 Å². The zero-order chi connectivity index (χ0) is 14.7. The van der Waals surface area contributed by atoms with Crippen molar-refractivity contribution in [1.82, 2.24) is 9.97 Å².